The van der Waals surface area contributed by atoms with Gasteiger partial charge in [-0.15, -0.1) is 10.2 Å². The molecule has 1 amide bonds. The quantitative estimate of drug-likeness (QED) is 0.556. The standard InChI is InChI=1S/C14H17Cl2N5O2S/c1-8(6-23-2)18-12(22)7-24-14-20-19-13(21(14)17)10-5-9(15)3-4-11(10)16/h3-5,8H,6-7,17H2,1-2H3,(H,18,22)/t8-/m1/s1. The van der Waals surface area contributed by atoms with Crippen LogP contribution in [0.25, 0.3) is 11.4 Å². The van der Waals surface area contributed by atoms with Crippen molar-refractivity contribution in [1.29, 1.82) is 0 Å². The van der Waals surface area contributed by atoms with Crippen molar-refractivity contribution in [2.75, 3.05) is 25.3 Å². The van der Waals surface area contributed by atoms with Crippen LogP contribution in [-0.2, 0) is 9.53 Å². The molecule has 24 heavy (non-hydrogen) atoms. The number of methoxy groups -OCH3 is 1. The monoisotopic (exact) mass is 389 g/mol. The molecule has 0 aliphatic rings. The molecule has 1 aromatic heterocycles. The number of benzene rings is 1. The molecule has 0 unspecified atom stereocenters. The summed E-state index contributed by atoms with van der Waals surface area (Å²) < 4.78 is 6.25. The van der Waals surface area contributed by atoms with Crippen LogP contribution in [0.3, 0.4) is 0 Å². The summed E-state index contributed by atoms with van der Waals surface area (Å²) in [5.41, 5.74) is 0.573. The van der Waals surface area contributed by atoms with Gasteiger partial charge in [0.2, 0.25) is 11.1 Å². The van der Waals surface area contributed by atoms with Crippen LogP contribution in [0.1, 0.15) is 6.92 Å². The summed E-state index contributed by atoms with van der Waals surface area (Å²) in [5.74, 6) is 6.40. The minimum absolute atomic E-state index is 0.0697. The molecule has 0 bridgehead atoms. The molecule has 0 fully saturated rings. The highest BCUT2D eigenvalue weighted by Gasteiger charge is 2.17. The first-order valence-electron chi connectivity index (χ1n) is 6.99. The average Bonchev–Trinajstić information content (AvgIpc) is 2.89. The number of ether oxygens (including phenoxy) is 1. The number of nitrogens with zero attached hydrogens (tertiary/aromatic N) is 3. The zero-order valence-electron chi connectivity index (χ0n) is 13.1. The van der Waals surface area contributed by atoms with Gasteiger partial charge in [-0.05, 0) is 25.1 Å². The lowest BCUT2D eigenvalue weighted by molar-refractivity contribution is -0.119. The van der Waals surface area contributed by atoms with Crippen LogP contribution in [0.5, 0.6) is 0 Å². The molecule has 1 aromatic carbocycles. The maximum Gasteiger partial charge on any atom is 0.230 e. The summed E-state index contributed by atoms with van der Waals surface area (Å²) in [6.45, 7) is 2.30. The summed E-state index contributed by atoms with van der Waals surface area (Å²) >= 11 is 13.3. The maximum atomic E-state index is 11.9. The lowest BCUT2D eigenvalue weighted by Crippen LogP contribution is -2.36. The van der Waals surface area contributed by atoms with Crippen LogP contribution in [0.2, 0.25) is 10.0 Å². The van der Waals surface area contributed by atoms with Crippen LogP contribution in [-0.4, -0.2) is 46.3 Å². The molecule has 0 radical (unpaired) electrons. The Morgan fingerprint density at radius 3 is 2.92 bits per heavy atom. The van der Waals surface area contributed by atoms with Crippen molar-refractivity contribution < 1.29 is 9.53 Å². The van der Waals surface area contributed by atoms with Crippen LogP contribution < -0.4 is 11.2 Å². The predicted octanol–water partition coefficient (Wildman–Crippen LogP) is 2.21. The van der Waals surface area contributed by atoms with Gasteiger partial charge in [0.25, 0.3) is 0 Å². The van der Waals surface area contributed by atoms with Gasteiger partial charge < -0.3 is 15.9 Å². The Labute approximate surface area is 153 Å². The second-order valence-corrected chi connectivity index (χ2v) is 6.80. The normalized spacial score (nSPS) is 12.2. The van der Waals surface area contributed by atoms with Gasteiger partial charge in [0.1, 0.15) is 0 Å². The number of rotatable bonds is 7. The Bertz CT molecular complexity index is 725. The van der Waals surface area contributed by atoms with E-state index in [9.17, 15) is 4.79 Å². The fourth-order valence-electron chi connectivity index (χ4n) is 1.97. The summed E-state index contributed by atoms with van der Waals surface area (Å²) in [5, 5.41) is 12.2. The molecule has 1 heterocycles. The second kappa shape index (κ2) is 8.57. The molecule has 10 heteroatoms. The number of halogens is 2. The lowest BCUT2D eigenvalue weighted by atomic mass is 10.2. The van der Waals surface area contributed by atoms with E-state index in [1.807, 2.05) is 6.92 Å². The molecule has 2 aromatic rings. The number of hydrogen-bond donors (Lipinski definition) is 2. The average molecular weight is 390 g/mol. The highest BCUT2D eigenvalue weighted by Crippen LogP contribution is 2.30. The Hall–Kier alpha value is -1.48. The third-order valence-corrected chi connectivity index (χ3v) is 4.50. The van der Waals surface area contributed by atoms with Crippen LogP contribution >= 0.6 is 35.0 Å². The first kappa shape index (κ1) is 18.9. The molecule has 0 spiro atoms. The highest BCUT2D eigenvalue weighted by molar-refractivity contribution is 7.99. The number of hydrogen-bond acceptors (Lipinski definition) is 6. The van der Waals surface area contributed by atoms with Gasteiger partial charge in [-0.25, -0.2) is 4.68 Å². The van der Waals surface area contributed by atoms with E-state index in [-0.39, 0.29) is 17.7 Å². The fourth-order valence-corrected chi connectivity index (χ4v) is 3.01. The SMILES string of the molecule is COC[C@@H](C)NC(=O)CSc1nnc(-c2cc(Cl)ccc2Cl)n1N. The van der Waals surface area contributed by atoms with Gasteiger partial charge in [0, 0.05) is 23.7 Å². The van der Waals surface area contributed by atoms with Crippen molar-refractivity contribution in [2.24, 2.45) is 0 Å². The topological polar surface area (TPSA) is 95.1 Å². The van der Waals surface area contributed by atoms with Crippen molar-refractivity contribution in [3.8, 4) is 11.4 Å². The van der Waals surface area contributed by atoms with Gasteiger partial charge in [-0.1, -0.05) is 35.0 Å². The Balaban J connectivity index is 2.05. The number of nitrogens with one attached hydrogen (secondary N) is 1. The number of nitrogen functional groups attached to an aromatic ring is 1. The molecular formula is C14H17Cl2N5O2S. The van der Waals surface area contributed by atoms with Crippen molar-refractivity contribution in [3.05, 3.63) is 28.2 Å². The molecule has 3 N–H and O–H groups in total. The molecule has 0 saturated heterocycles. The number of carbonyl (C=O) groups excluding carboxylic acids is 1. The summed E-state index contributed by atoms with van der Waals surface area (Å²) in [6.07, 6.45) is 0. The third kappa shape index (κ3) is 4.76. The largest absolute Gasteiger partial charge is 0.383 e. The Morgan fingerprint density at radius 1 is 1.46 bits per heavy atom. The van der Waals surface area contributed by atoms with E-state index in [1.54, 1.807) is 25.3 Å². The minimum atomic E-state index is -0.144. The number of carbonyl (C=O) groups is 1. The van der Waals surface area contributed by atoms with Gasteiger partial charge in [0.15, 0.2) is 5.82 Å². The van der Waals surface area contributed by atoms with Gasteiger partial charge in [-0.3, -0.25) is 4.79 Å². The van der Waals surface area contributed by atoms with E-state index < -0.39 is 0 Å². The molecule has 0 aliphatic carbocycles. The summed E-state index contributed by atoms with van der Waals surface area (Å²) in [6, 6.07) is 4.92. The van der Waals surface area contributed by atoms with E-state index in [1.165, 1.54) is 16.4 Å². The molecule has 7 nitrogen and oxygen atoms in total. The van der Waals surface area contributed by atoms with E-state index in [0.717, 1.165) is 0 Å². The first-order valence-corrected chi connectivity index (χ1v) is 8.73. The number of aromatic nitrogens is 3. The van der Waals surface area contributed by atoms with E-state index >= 15 is 0 Å². The Morgan fingerprint density at radius 2 is 2.21 bits per heavy atom. The van der Waals surface area contributed by atoms with Crippen LogP contribution in [0, 0.1) is 0 Å². The minimum Gasteiger partial charge on any atom is -0.383 e. The van der Waals surface area contributed by atoms with E-state index in [0.29, 0.717) is 33.2 Å². The fraction of sp³-hybridized carbons (Fsp3) is 0.357. The van der Waals surface area contributed by atoms with Crippen LogP contribution in [0.15, 0.2) is 23.4 Å². The molecule has 130 valence electrons. The maximum absolute atomic E-state index is 11.9. The van der Waals surface area contributed by atoms with Crippen LogP contribution in [0.4, 0.5) is 0 Å². The number of amides is 1. The zero-order chi connectivity index (χ0) is 17.7. The van der Waals surface area contributed by atoms with Gasteiger partial charge in [-0.2, -0.15) is 0 Å². The van der Waals surface area contributed by atoms with E-state index in [2.05, 4.69) is 15.5 Å². The Kier molecular flexibility index (Phi) is 6.73. The first-order chi connectivity index (χ1) is 11.4. The molecule has 0 aliphatic heterocycles. The summed E-state index contributed by atoms with van der Waals surface area (Å²) in [7, 11) is 1.58. The number of nitrogens with two attached hydrogens (primary N) is 1. The predicted molar refractivity (Wildman–Crippen MR) is 95.8 cm³/mol. The number of thioether (sulfide) groups is 1. The van der Waals surface area contributed by atoms with Gasteiger partial charge >= 0.3 is 0 Å². The van der Waals surface area contributed by atoms with Crippen molar-refractivity contribution in [1.82, 2.24) is 20.2 Å². The summed E-state index contributed by atoms with van der Waals surface area (Å²) in [4.78, 5) is 11.9. The second-order valence-electron chi connectivity index (χ2n) is 5.01. The smallest absolute Gasteiger partial charge is 0.230 e. The lowest BCUT2D eigenvalue weighted by Gasteiger charge is -2.12. The van der Waals surface area contributed by atoms with Crippen molar-refractivity contribution in [3.63, 3.8) is 0 Å². The molecule has 1 atom stereocenters. The zero-order valence-corrected chi connectivity index (χ0v) is 15.5. The van der Waals surface area contributed by atoms with Crippen molar-refractivity contribution >= 4 is 40.9 Å². The van der Waals surface area contributed by atoms with Gasteiger partial charge in [0.05, 0.1) is 17.4 Å². The molecule has 2 rings (SSSR count). The van der Waals surface area contributed by atoms with Crippen molar-refractivity contribution in [2.45, 2.75) is 18.1 Å². The molecular weight excluding hydrogens is 373 g/mol. The molecule has 0 saturated carbocycles. The third-order valence-electron chi connectivity index (χ3n) is 2.99. The highest BCUT2D eigenvalue weighted by atomic mass is 35.5. The van der Waals surface area contributed by atoms with E-state index in [4.69, 9.17) is 33.8 Å².